The molecule has 32 heavy (non-hydrogen) atoms. The van der Waals surface area contributed by atoms with Gasteiger partial charge in [0.05, 0.1) is 18.3 Å². The molecule has 1 fully saturated rings. The van der Waals surface area contributed by atoms with Gasteiger partial charge < -0.3 is 24.9 Å². The number of anilines is 1. The molecule has 0 bridgehead atoms. The van der Waals surface area contributed by atoms with Crippen LogP contribution in [0.5, 0.6) is 5.75 Å². The Kier molecular flexibility index (Phi) is 4.97. The summed E-state index contributed by atoms with van der Waals surface area (Å²) >= 11 is 0. The smallest absolute Gasteiger partial charge is 0.230 e. The van der Waals surface area contributed by atoms with E-state index in [9.17, 15) is 4.79 Å². The van der Waals surface area contributed by atoms with E-state index in [2.05, 4.69) is 10.3 Å². The standard InChI is InChI=1S/C24H24N6O2/c1-27-12-17(11-25)16-4-7-22(26)30(14-16)18-5-6-20-19(10-18)23-21(13-28-20)29(8-9-32-23)24(31)15-2-3-15/h4-7,10-15,25-27H,2-3,8-9H2,1H3/b17-12+,25-11?,26-22?. The number of allylic oxidation sites excluding steroid dienone is 1. The maximum Gasteiger partial charge on any atom is 0.230 e. The number of benzene rings is 1. The summed E-state index contributed by atoms with van der Waals surface area (Å²) in [7, 11) is 1.78. The van der Waals surface area contributed by atoms with E-state index in [1.54, 1.807) is 35.0 Å². The van der Waals surface area contributed by atoms with Crippen LogP contribution in [0.1, 0.15) is 18.4 Å². The highest BCUT2D eigenvalue weighted by Crippen LogP contribution is 2.41. The van der Waals surface area contributed by atoms with Crippen molar-refractivity contribution in [2.45, 2.75) is 12.8 Å². The van der Waals surface area contributed by atoms with Crippen molar-refractivity contribution in [3.63, 3.8) is 0 Å². The first kappa shape index (κ1) is 20.0. The Balaban J connectivity index is 1.63. The van der Waals surface area contributed by atoms with Crippen molar-refractivity contribution < 1.29 is 9.53 Å². The summed E-state index contributed by atoms with van der Waals surface area (Å²) in [6, 6.07) is 9.28. The summed E-state index contributed by atoms with van der Waals surface area (Å²) in [6.45, 7) is 0.978. The number of nitrogens with one attached hydrogen (secondary N) is 3. The van der Waals surface area contributed by atoms with E-state index in [-0.39, 0.29) is 11.8 Å². The van der Waals surface area contributed by atoms with Gasteiger partial charge in [-0.15, -0.1) is 0 Å². The minimum atomic E-state index is 0.126. The molecule has 8 heteroatoms. The van der Waals surface area contributed by atoms with Crippen LogP contribution in [0.15, 0.2) is 48.9 Å². The molecule has 1 amide bonds. The zero-order chi connectivity index (χ0) is 22.2. The highest BCUT2D eigenvalue weighted by atomic mass is 16.5. The Bertz CT molecular complexity index is 1320. The topological polar surface area (TPSA) is 107 Å². The first-order chi connectivity index (χ1) is 15.6. The van der Waals surface area contributed by atoms with Crippen LogP contribution < -0.4 is 20.4 Å². The molecule has 0 spiro atoms. The lowest BCUT2D eigenvalue weighted by Crippen LogP contribution is -2.39. The molecule has 1 saturated carbocycles. The SMILES string of the molecule is CN/C=C(\C=N)c1ccc(=N)n(-c2ccc3ncc4c(c3c2)OCCN4C(=O)C2CC2)c1. The normalized spacial score (nSPS) is 15.8. The number of rotatable bonds is 5. The molecule has 2 aliphatic rings. The number of carbonyl (C=O) groups is 1. The van der Waals surface area contributed by atoms with E-state index >= 15 is 0 Å². The zero-order valence-corrected chi connectivity index (χ0v) is 17.8. The van der Waals surface area contributed by atoms with Gasteiger partial charge >= 0.3 is 0 Å². The second-order valence-electron chi connectivity index (χ2n) is 7.99. The van der Waals surface area contributed by atoms with Gasteiger partial charge in [0.15, 0.2) is 5.75 Å². The molecular weight excluding hydrogens is 404 g/mol. The maximum atomic E-state index is 12.8. The largest absolute Gasteiger partial charge is 0.489 e. The number of ether oxygens (including phenoxy) is 1. The van der Waals surface area contributed by atoms with Crippen LogP contribution in [0, 0.1) is 16.7 Å². The van der Waals surface area contributed by atoms with Gasteiger partial charge in [0.1, 0.15) is 17.8 Å². The van der Waals surface area contributed by atoms with E-state index in [1.165, 1.54) is 6.21 Å². The first-order valence-corrected chi connectivity index (χ1v) is 10.6. The Morgan fingerprint density at radius 3 is 2.88 bits per heavy atom. The van der Waals surface area contributed by atoms with Crippen molar-refractivity contribution >= 4 is 34.3 Å². The van der Waals surface area contributed by atoms with Gasteiger partial charge in [0, 0.05) is 53.8 Å². The molecule has 1 aliphatic heterocycles. The third kappa shape index (κ3) is 3.43. The number of nitrogens with zero attached hydrogens (tertiary/aromatic N) is 3. The van der Waals surface area contributed by atoms with E-state index < -0.39 is 0 Å². The Morgan fingerprint density at radius 1 is 1.28 bits per heavy atom. The molecule has 3 N–H and O–H groups in total. The van der Waals surface area contributed by atoms with Crippen molar-refractivity contribution in [3.8, 4) is 11.4 Å². The van der Waals surface area contributed by atoms with Crippen molar-refractivity contribution in [1.82, 2.24) is 14.9 Å². The molecule has 1 aromatic carbocycles. The predicted molar refractivity (Wildman–Crippen MR) is 123 cm³/mol. The Hall–Kier alpha value is -3.94. The summed E-state index contributed by atoms with van der Waals surface area (Å²) in [5.41, 5.74) is 4.10. The molecule has 3 aromatic rings. The van der Waals surface area contributed by atoms with Crippen LogP contribution in [0.2, 0.25) is 0 Å². The molecule has 3 heterocycles. The number of pyridine rings is 2. The predicted octanol–water partition coefficient (Wildman–Crippen LogP) is 2.85. The third-order valence-corrected chi connectivity index (χ3v) is 5.84. The summed E-state index contributed by atoms with van der Waals surface area (Å²) in [5.74, 6) is 0.939. The van der Waals surface area contributed by atoms with Crippen molar-refractivity contribution in [3.05, 3.63) is 60.0 Å². The number of aromatic nitrogens is 2. The summed E-state index contributed by atoms with van der Waals surface area (Å²) in [4.78, 5) is 19.1. The fraction of sp³-hybridized carbons (Fsp3) is 0.250. The first-order valence-electron chi connectivity index (χ1n) is 10.6. The Labute approximate surface area is 185 Å². The highest BCUT2D eigenvalue weighted by molar-refractivity contribution is 6.08. The Morgan fingerprint density at radius 2 is 2.12 bits per heavy atom. The van der Waals surface area contributed by atoms with Gasteiger partial charge in [0.25, 0.3) is 0 Å². The van der Waals surface area contributed by atoms with Gasteiger partial charge in [-0.3, -0.25) is 15.2 Å². The van der Waals surface area contributed by atoms with Gasteiger partial charge in [-0.2, -0.15) is 0 Å². The molecule has 0 atom stereocenters. The minimum Gasteiger partial charge on any atom is -0.489 e. The van der Waals surface area contributed by atoms with E-state index in [1.807, 2.05) is 30.5 Å². The summed E-state index contributed by atoms with van der Waals surface area (Å²) in [5, 5.41) is 19.9. The van der Waals surface area contributed by atoms with Crippen LogP contribution in [0.4, 0.5) is 5.69 Å². The van der Waals surface area contributed by atoms with E-state index in [0.717, 1.165) is 35.0 Å². The van der Waals surface area contributed by atoms with Crippen molar-refractivity contribution in [1.29, 1.82) is 10.8 Å². The lowest BCUT2D eigenvalue weighted by Gasteiger charge is -2.30. The molecule has 1 aliphatic carbocycles. The zero-order valence-electron chi connectivity index (χ0n) is 17.8. The molecule has 0 radical (unpaired) electrons. The lowest BCUT2D eigenvalue weighted by molar-refractivity contribution is -0.120. The number of amides is 1. The summed E-state index contributed by atoms with van der Waals surface area (Å²) < 4.78 is 7.77. The van der Waals surface area contributed by atoms with Gasteiger partial charge in [-0.1, -0.05) is 0 Å². The molecule has 162 valence electrons. The average molecular weight is 428 g/mol. The van der Waals surface area contributed by atoms with E-state index in [0.29, 0.717) is 35.6 Å². The van der Waals surface area contributed by atoms with Crippen LogP contribution in [-0.2, 0) is 4.79 Å². The van der Waals surface area contributed by atoms with E-state index in [4.69, 9.17) is 15.6 Å². The number of carbonyl (C=O) groups excluding carboxylic acids is 1. The van der Waals surface area contributed by atoms with Gasteiger partial charge in [-0.25, -0.2) is 0 Å². The average Bonchev–Trinajstić information content (AvgIpc) is 3.67. The van der Waals surface area contributed by atoms with Crippen LogP contribution in [0.3, 0.4) is 0 Å². The lowest BCUT2D eigenvalue weighted by atomic mass is 10.1. The second kappa shape index (κ2) is 7.96. The fourth-order valence-corrected chi connectivity index (χ4v) is 4.03. The fourth-order valence-electron chi connectivity index (χ4n) is 4.03. The number of hydrogen-bond acceptors (Lipinski definition) is 6. The number of hydrogen-bond donors (Lipinski definition) is 3. The van der Waals surface area contributed by atoms with Crippen molar-refractivity contribution in [2.75, 3.05) is 25.1 Å². The third-order valence-electron chi connectivity index (χ3n) is 5.84. The summed E-state index contributed by atoms with van der Waals surface area (Å²) in [6.07, 6.45) is 8.49. The quantitative estimate of drug-likeness (QED) is 0.543. The number of fused-ring (bicyclic) bond motifs is 3. The minimum absolute atomic E-state index is 0.126. The molecule has 2 aromatic heterocycles. The molecule has 8 nitrogen and oxygen atoms in total. The van der Waals surface area contributed by atoms with Crippen LogP contribution in [0.25, 0.3) is 22.2 Å². The highest BCUT2D eigenvalue weighted by Gasteiger charge is 2.36. The molecular formula is C24H24N6O2. The molecule has 5 rings (SSSR count). The second-order valence-corrected chi connectivity index (χ2v) is 7.99. The van der Waals surface area contributed by atoms with Crippen molar-refractivity contribution in [2.24, 2.45) is 5.92 Å². The molecule has 0 unspecified atom stereocenters. The van der Waals surface area contributed by atoms with Gasteiger partial charge in [-0.05, 0) is 43.2 Å². The molecule has 0 saturated heterocycles. The monoisotopic (exact) mass is 428 g/mol. The van der Waals surface area contributed by atoms with Gasteiger partial charge in [0.2, 0.25) is 5.91 Å². The maximum absolute atomic E-state index is 12.8. The van der Waals surface area contributed by atoms with Crippen LogP contribution in [-0.4, -0.2) is 41.9 Å². The van der Waals surface area contributed by atoms with Crippen LogP contribution >= 0.6 is 0 Å².